The van der Waals surface area contributed by atoms with Crippen molar-refractivity contribution >= 4 is 5.69 Å². The Morgan fingerprint density at radius 3 is 2.60 bits per heavy atom. The van der Waals surface area contributed by atoms with E-state index in [4.69, 9.17) is 5.73 Å². The highest BCUT2D eigenvalue weighted by Crippen LogP contribution is 2.36. The molecular formula is C13H20N2. The largest absolute Gasteiger partial charge is 0.378 e. The van der Waals surface area contributed by atoms with E-state index in [0.29, 0.717) is 5.92 Å². The average Bonchev–Trinajstić information content (AvgIpc) is 2.15. The Kier molecular flexibility index (Phi) is 2.96. The zero-order chi connectivity index (χ0) is 10.8. The minimum absolute atomic E-state index is 0.235. The Bertz CT molecular complexity index is 329. The van der Waals surface area contributed by atoms with Crippen molar-refractivity contribution in [2.45, 2.75) is 25.3 Å². The van der Waals surface area contributed by atoms with Crippen LogP contribution in [0.1, 0.15) is 30.9 Å². The molecule has 2 rings (SSSR count). The molecule has 0 amide bonds. The number of nitrogens with zero attached hydrogens (tertiary/aromatic N) is 1. The maximum atomic E-state index is 6.25. The monoisotopic (exact) mass is 204 g/mol. The van der Waals surface area contributed by atoms with E-state index in [-0.39, 0.29) is 6.04 Å². The van der Waals surface area contributed by atoms with Crippen molar-refractivity contribution in [2.24, 2.45) is 11.7 Å². The molecule has 15 heavy (non-hydrogen) atoms. The number of hydrogen-bond acceptors (Lipinski definition) is 2. The molecule has 0 heterocycles. The van der Waals surface area contributed by atoms with Crippen LogP contribution >= 0.6 is 0 Å². The van der Waals surface area contributed by atoms with Crippen LogP contribution in [0.5, 0.6) is 0 Å². The van der Waals surface area contributed by atoms with Gasteiger partial charge in [0.25, 0.3) is 0 Å². The third-order valence-electron chi connectivity index (χ3n) is 3.43. The predicted octanol–water partition coefficient (Wildman–Crippen LogP) is 2.55. The summed E-state index contributed by atoms with van der Waals surface area (Å²) in [6, 6.07) is 8.82. The van der Waals surface area contributed by atoms with E-state index < -0.39 is 0 Å². The lowest BCUT2D eigenvalue weighted by atomic mass is 9.77. The Balaban J connectivity index is 2.16. The molecule has 0 spiro atoms. The molecule has 82 valence electrons. The van der Waals surface area contributed by atoms with Crippen LogP contribution < -0.4 is 10.6 Å². The Morgan fingerprint density at radius 1 is 1.33 bits per heavy atom. The molecule has 0 radical (unpaired) electrons. The van der Waals surface area contributed by atoms with Gasteiger partial charge in [0.2, 0.25) is 0 Å². The first kappa shape index (κ1) is 10.5. The first-order valence-corrected chi connectivity index (χ1v) is 5.71. The highest BCUT2D eigenvalue weighted by molar-refractivity contribution is 5.47. The highest BCUT2D eigenvalue weighted by Gasteiger charge is 2.25. The molecule has 1 aliphatic carbocycles. The van der Waals surface area contributed by atoms with Crippen molar-refractivity contribution in [3.8, 4) is 0 Å². The van der Waals surface area contributed by atoms with Crippen molar-refractivity contribution in [1.82, 2.24) is 0 Å². The van der Waals surface area contributed by atoms with Crippen molar-refractivity contribution in [1.29, 1.82) is 0 Å². The van der Waals surface area contributed by atoms with Gasteiger partial charge in [-0.2, -0.15) is 0 Å². The van der Waals surface area contributed by atoms with Crippen molar-refractivity contribution in [2.75, 3.05) is 19.0 Å². The van der Waals surface area contributed by atoms with Crippen LogP contribution in [0, 0.1) is 5.92 Å². The van der Waals surface area contributed by atoms with Crippen LogP contribution in [-0.2, 0) is 0 Å². The molecular weight excluding hydrogens is 184 g/mol. The van der Waals surface area contributed by atoms with Crippen LogP contribution in [0.4, 0.5) is 5.69 Å². The minimum atomic E-state index is 0.235. The van der Waals surface area contributed by atoms with E-state index in [1.807, 2.05) is 0 Å². The fraction of sp³-hybridized carbons (Fsp3) is 0.538. The van der Waals surface area contributed by atoms with Crippen LogP contribution in [0.3, 0.4) is 0 Å². The molecule has 2 nitrogen and oxygen atoms in total. The van der Waals surface area contributed by atoms with Gasteiger partial charge >= 0.3 is 0 Å². The first-order valence-electron chi connectivity index (χ1n) is 5.71. The second kappa shape index (κ2) is 4.23. The third kappa shape index (κ3) is 2.15. The summed E-state index contributed by atoms with van der Waals surface area (Å²) >= 11 is 0. The van der Waals surface area contributed by atoms with E-state index in [1.165, 1.54) is 30.5 Å². The SMILES string of the molecule is CN(C)c1cccc(C(N)C2CCC2)c1. The van der Waals surface area contributed by atoms with Gasteiger partial charge in [0.15, 0.2) is 0 Å². The van der Waals surface area contributed by atoms with Gasteiger partial charge in [-0.3, -0.25) is 0 Å². The van der Waals surface area contributed by atoms with Crippen molar-refractivity contribution < 1.29 is 0 Å². The quantitative estimate of drug-likeness (QED) is 0.820. The van der Waals surface area contributed by atoms with E-state index in [2.05, 4.69) is 43.3 Å². The molecule has 0 aromatic heterocycles. The number of anilines is 1. The van der Waals surface area contributed by atoms with Gasteiger partial charge in [-0.15, -0.1) is 0 Å². The molecule has 1 fully saturated rings. The lowest BCUT2D eigenvalue weighted by Crippen LogP contribution is -2.27. The second-order valence-corrected chi connectivity index (χ2v) is 4.71. The molecule has 1 atom stereocenters. The third-order valence-corrected chi connectivity index (χ3v) is 3.43. The Labute approximate surface area is 92.1 Å². The summed E-state index contributed by atoms with van der Waals surface area (Å²) in [6.07, 6.45) is 3.95. The first-order chi connectivity index (χ1) is 7.18. The summed E-state index contributed by atoms with van der Waals surface area (Å²) in [7, 11) is 4.13. The number of benzene rings is 1. The zero-order valence-corrected chi connectivity index (χ0v) is 9.61. The summed E-state index contributed by atoms with van der Waals surface area (Å²) in [6.45, 7) is 0. The molecule has 2 N–H and O–H groups in total. The van der Waals surface area contributed by atoms with E-state index >= 15 is 0 Å². The second-order valence-electron chi connectivity index (χ2n) is 4.71. The average molecular weight is 204 g/mol. The van der Waals surface area contributed by atoms with Crippen LogP contribution in [0.2, 0.25) is 0 Å². The number of hydrogen-bond donors (Lipinski definition) is 1. The number of nitrogens with two attached hydrogens (primary N) is 1. The van der Waals surface area contributed by atoms with Gasteiger partial charge in [0.1, 0.15) is 0 Å². The molecule has 1 aromatic carbocycles. The molecule has 1 unspecified atom stereocenters. The smallest absolute Gasteiger partial charge is 0.0364 e. The molecule has 0 saturated heterocycles. The molecule has 0 aliphatic heterocycles. The normalized spacial score (nSPS) is 18.3. The van der Waals surface area contributed by atoms with Gasteiger partial charge < -0.3 is 10.6 Å². The molecule has 0 bridgehead atoms. The van der Waals surface area contributed by atoms with Crippen LogP contribution in [0.25, 0.3) is 0 Å². The van der Waals surface area contributed by atoms with Gasteiger partial charge in [-0.05, 0) is 36.5 Å². The zero-order valence-electron chi connectivity index (χ0n) is 9.61. The summed E-state index contributed by atoms with van der Waals surface area (Å²) in [5.41, 5.74) is 8.77. The highest BCUT2D eigenvalue weighted by atomic mass is 15.1. The van der Waals surface area contributed by atoms with Gasteiger partial charge in [0, 0.05) is 25.8 Å². The Morgan fingerprint density at radius 2 is 2.07 bits per heavy atom. The molecule has 1 saturated carbocycles. The maximum absolute atomic E-state index is 6.25. The van der Waals surface area contributed by atoms with Crippen molar-refractivity contribution in [3.63, 3.8) is 0 Å². The van der Waals surface area contributed by atoms with Crippen LogP contribution in [-0.4, -0.2) is 14.1 Å². The molecule has 1 aromatic rings. The van der Waals surface area contributed by atoms with E-state index in [1.54, 1.807) is 0 Å². The fourth-order valence-electron chi connectivity index (χ4n) is 2.08. The Hall–Kier alpha value is -1.02. The predicted molar refractivity (Wildman–Crippen MR) is 65.0 cm³/mol. The lowest BCUT2D eigenvalue weighted by Gasteiger charge is -2.31. The van der Waals surface area contributed by atoms with Crippen molar-refractivity contribution in [3.05, 3.63) is 29.8 Å². The van der Waals surface area contributed by atoms with Gasteiger partial charge in [-0.1, -0.05) is 18.6 Å². The topological polar surface area (TPSA) is 29.3 Å². The summed E-state index contributed by atoms with van der Waals surface area (Å²) < 4.78 is 0. The van der Waals surface area contributed by atoms with E-state index in [0.717, 1.165) is 0 Å². The van der Waals surface area contributed by atoms with E-state index in [9.17, 15) is 0 Å². The number of rotatable bonds is 3. The standard InChI is InChI=1S/C13H20N2/c1-15(2)12-8-4-7-11(9-12)13(14)10-5-3-6-10/h4,7-10,13H,3,5-6,14H2,1-2H3. The summed E-state index contributed by atoms with van der Waals surface area (Å²) in [4.78, 5) is 2.12. The summed E-state index contributed by atoms with van der Waals surface area (Å²) in [5.74, 6) is 0.711. The molecule has 2 heteroatoms. The van der Waals surface area contributed by atoms with Gasteiger partial charge in [0.05, 0.1) is 0 Å². The minimum Gasteiger partial charge on any atom is -0.378 e. The summed E-state index contributed by atoms with van der Waals surface area (Å²) in [5, 5.41) is 0. The van der Waals surface area contributed by atoms with Crippen LogP contribution in [0.15, 0.2) is 24.3 Å². The van der Waals surface area contributed by atoms with Gasteiger partial charge in [-0.25, -0.2) is 0 Å². The fourth-order valence-corrected chi connectivity index (χ4v) is 2.08. The lowest BCUT2D eigenvalue weighted by molar-refractivity contribution is 0.264. The molecule has 1 aliphatic rings. The maximum Gasteiger partial charge on any atom is 0.0364 e.